The Morgan fingerprint density at radius 2 is 2.10 bits per heavy atom. The fraction of sp³-hybridized carbons (Fsp3) is 0.500. The number of urea groups is 1. The van der Waals surface area contributed by atoms with E-state index in [0.29, 0.717) is 29.3 Å². The molecule has 9 heteroatoms. The van der Waals surface area contributed by atoms with Crippen LogP contribution in [0.15, 0.2) is 22.7 Å². The summed E-state index contributed by atoms with van der Waals surface area (Å²) >= 11 is 0. The highest BCUT2D eigenvalue weighted by atomic mass is 16.5. The van der Waals surface area contributed by atoms with Crippen LogP contribution in [0.2, 0.25) is 0 Å². The molecule has 2 fully saturated rings. The van der Waals surface area contributed by atoms with Gasteiger partial charge in [-0.05, 0) is 30.9 Å². The minimum absolute atomic E-state index is 0.0649. The Kier molecular flexibility index (Phi) is 4.89. The van der Waals surface area contributed by atoms with Gasteiger partial charge >= 0.3 is 6.03 Å². The number of hydrogen-bond acceptors (Lipinski definition) is 7. The Bertz CT molecular complexity index is 943. The van der Waals surface area contributed by atoms with Gasteiger partial charge in [-0.2, -0.15) is 4.98 Å². The van der Waals surface area contributed by atoms with Gasteiger partial charge in [-0.3, -0.25) is 9.69 Å². The molecular weight excluding hydrogens is 376 g/mol. The van der Waals surface area contributed by atoms with E-state index in [1.165, 1.54) is 12.0 Å². The van der Waals surface area contributed by atoms with E-state index in [-0.39, 0.29) is 24.3 Å². The number of methoxy groups -OCH3 is 2. The second-order valence-electron chi connectivity index (χ2n) is 7.52. The third-order valence-corrected chi connectivity index (χ3v) is 5.91. The molecule has 29 heavy (non-hydrogen) atoms. The predicted octanol–water partition coefficient (Wildman–Crippen LogP) is 2.75. The highest BCUT2D eigenvalue weighted by Crippen LogP contribution is 2.38. The zero-order chi connectivity index (χ0) is 20.6. The van der Waals surface area contributed by atoms with Gasteiger partial charge in [0.05, 0.1) is 19.8 Å². The maximum atomic E-state index is 13.1. The Morgan fingerprint density at radius 1 is 1.28 bits per heavy atom. The molecule has 1 aromatic heterocycles. The normalized spacial score (nSPS) is 24.1. The van der Waals surface area contributed by atoms with Gasteiger partial charge in [-0.15, -0.1) is 0 Å². The van der Waals surface area contributed by atoms with Crippen LogP contribution in [0.1, 0.15) is 38.5 Å². The monoisotopic (exact) mass is 400 g/mol. The van der Waals surface area contributed by atoms with Gasteiger partial charge in [0, 0.05) is 6.07 Å². The van der Waals surface area contributed by atoms with E-state index in [1.54, 1.807) is 25.3 Å². The molecule has 4 rings (SSSR count). The zero-order valence-electron chi connectivity index (χ0n) is 16.7. The lowest BCUT2D eigenvalue weighted by atomic mass is 9.73. The number of imide groups is 1. The highest BCUT2D eigenvalue weighted by molar-refractivity contribution is 6.07. The van der Waals surface area contributed by atoms with Crippen LogP contribution in [-0.4, -0.2) is 46.7 Å². The van der Waals surface area contributed by atoms with Gasteiger partial charge in [-0.1, -0.05) is 24.9 Å². The Hall–Kier alpha value is -3.10. The number of carbonyl (C=O) groups is 2. The SMILES string of the molecule is COc1ccc(-c2noc(CN3C(=O)N[C@@]4(CCCC[C@H]4C)C3=O)n2)c(OC)c1. The van der Waals surface area contributed by atoms with Crippen molar-refractivity contribution in [3.05, 3.63) is 24.1 Å². The quantitative estimate of drug-likeness (QED) is 0.769. The van der Waals surface area contributed by atoms with Gasteiger partial charge in [0.15, 0.2) is 0 Å². The fourth-order valence-corrected chi connectivity index (χ4v) is 4.19. The summed E-state index contributed by atoms with van der Waals surface area (Å²) in [6.45, 7) is 1.95. The van der Waals surface area contributed by atoms with Gasteiger partial charge in [0.1, 0.15) is 23.6 Å². The number of ether oxygens (including phenoxy) is 2. The number of hydrogen-bond donors (Lipinski definition) is 1. The Morgan fingerprint density at radius 3 is 2.83 bits per heavy atom. The van der Waals surface area contributed by atoms with E-state index < -0.39 is 11.6 Å². The number of rotatable bonds is 5. The molecule has 1 N–H and O–H groups in total. The molecule has 2 atom stereocenters. The summed E-state index contributed by atoms with van der Waals surface area (Å²) in [5, 5.41) is 6.91. The average molecular weight is 400 g/mol. The van der Waals surface area contributed by atoms with Crippen molar-refractivity contribution in [1.82, 2.24) is 20.4 Å². The molecule has 0 radical (unpaired) electrons. The maximum absolute atomic E-state index is 13.1. The summed E-state index contributed by atoms with van der Waals surface area (Å²) in [7, 11) is 3.11. The van der Waals surface area contributed by atoms with Crippen molar-refractivity contribution < 1.29 is 23.6 Å². The van der Waals surface area contributed by atoms with Crippen molar-refractivity contribution in [3.8, 4) is 22.9 Å². The summed E-state index contributed by atoms with van der Waals surface area (Å²) < 4.78 is 15.9. The van der Waals surface area contributed by atoms with Crippen LogP contribution in [0.4, 0.5) is 4.79 Å². The summed E-state index contributed by atoms with van der Waals surface area (Å²) in [5.41, 5.74) is -0.185. The second kappa shape index (κ2) is 7.38. The van der Waals surface area contributed by atoms with E-state index in [2.05, 4.69) is 15.5 Å². The molecule has 1 saturated heterocycles. The first-order chi connectivity index (χ1) is 14.0. The molecule has 9 nitrogen and oxygen atoms in total. The molecule has 2 heterocycles. The zero-order valence-corrected chi connectivity index (χ0v) is 16.7. The fourth-order valence-electron chi connectivity index (χ4n) is 4.19. The molecule has 1 aliphatic carbocycles. The number of nitrogens with zero attached hydrogens (tertiary/aromatic N) is 3. The number of benzene rings is 1. The van der Waals surface area contributed by atoms with Crippen molar-refractivity contribution in [2.24, 2.45) is 5.92 Å². The summed E-state index contributed by atoms with van der Waals surface area (Å²) in [6, 6.07) is 4.83. The first kappa shape index (κ1) is 19.2. The van der Waals surface area contributed by atoms with Crippen molar-refractivity contribution in [3.63, 3.8) is 0 Å². The summed E-state index contributed by atoms with van der Waals surface area (Å²) in [5.74, 6) is 1.55. The highest BCUT2D eigenvalue weighted by Gasteiger charge is 2.55. The van der Waals surface area contributed by atoms with E-state index in [1.807, 2.05) is 6.92 Å². The predicted molar refractivity (Wildman–Crippen MR) is 102 cm³/mol. The van der Waals surface area contributed by atoms with Crippen molar-refractivity contribution >= 4 is 11.9 Å². The van der Waals surface area contributed by atoms with Crippen LogP contribution < -0.4 is 14.8 Å². The van der Waals surface area contributed by atoms with Crippen molar-refractivity contribution in [1.29, 1.82) is 0 Å². The molecule has 0 bridgehead atoms. The van der Waals surface area contributed by atoms with Crippen LogP contribution in [0, 0.1) is 5.92 Å². The third-order valence-electron chi connectivity index (χ3n) is 5.91. The van der Waals surface area contributed by atoms with E-state index in [9.17, 15) is 9.59 Å². The van der Waals surface area contributed by atoms with Gasteiger partial charge < -0.3 is 19.3 Å². The number of carbonyl (C=O) groups excluding carboxylic acids is 2. The van der Waals surface area contributed by atoms with Crippen LogP contribution in [0.3, 0.4) is 0 Å². The molecular formula is C20H24N4O5. The standard InChI is InChI=1S/C20H24N4O5/c1-12-6-4-5-9-20(12)18(25)24(19(26)22-20)11-16-21-17(23-29-16)14-8-7-13(27-2)10-15(14)28-3/h7-8,10,12H,4-6,9,11H2,1-3H3,(H,22,26)/t12-,20-/m1/s1. The molecule has 1 spiro atoms. The average Bonchev–Trinajstić information content (AvgIpc) is 3.29. The van der Waals surface area contributed by atoms with Crippen LogP contribution in [0.25, 0.3) is 11.4 Å². The third kappa shape index (κ3) is 3.20. The van der Waals surface area contributed by atoms with Gasteiger partial charge in [0.2, 0.25) is 11.7 Å². The van der Waals surface area contributed by atoms with Crippen LogP contribution in [-0.2, 0) is 11.3 Å². The number of nitrogens with one attached hydrogen (secondary N) is 1. The number of aromatic nitrogens is 2. The smallest absolute Gasteiger partial charge is 0.325 e. The maximum Gasteiger partial charge on any atom is 0.325 e. The first-order valence-corrected chi connectivity index (χ1v) is 9.67. The topological polar surface area (TPSA) is 107 Å². The second-order valence-corrected chi connectivity index (χ2v) is 7.52. The molecule has 2 aliphatic rings. The van der Waals surface area contributed by atoms with Gasteiger partial charge in [-0.25, -0.2) is 4.79 Å². The lowest BCUT2D eigenvalue weighted by Gasteiger charge is -2.36. The lowest BCUT2D eigenvalue weighted by Crippen LogP contribution is -2.53. The molecule has 154 valence electrons. The van der Waals surface area contributed by atoms with Crippen LogP contribution in [0.5, 0.6) is 11.5 Å². The van der Waals surface area contributed by atoms with Gasteiger partial charge in [0.25, 0.3) is 5.91 Å². The molecule has 0 unspecified atom stereocenters. The molecule has 3 amide bonds. The molecule has 1 aliphatic heterocycles. The molecule has 2 aromatic rings. The minimum atomic E-state index is -0.808. The number of amides is 3. The minimum Gasteiger partial charge on any atom is -0.497 e. The van der Waals surface area contributed by atoms with E-state index in [0.717, 1.165) is 19.3 Å². The molecule has 1 saturated carbocycles. The summed E-state index contributed by atoms with van der Waals surface area (Å²) in [4.78, 5) is 31.1. The summed E-state index contributed by atoms with van der Waals surface area (Å²) in [6.07, 6.45) is 3.57. The van der Waals surface area contributed by atoms with Crippen molar-refractivity contribution in [2.75, 3.05) is 14.2 Å². The lowest BCUT2D eigenvalue weighted by molar-refractivity contribution is -0.134. The van der Waals surface area contributed by atoms with E-state index >= 15 is 0 Å². The van der Waals surface area contributed by atoms with Crippen LogP contribution >= 0.6 is 0 Å². The Labute approximate surface area is 168 Å². The largest absolute Gasteiger partial charge is 0.497 e. The Balaban J connectivity index is 1.56. The molecule has 1 aromatic carbocycles. The first-order valence-electron chi connectivity index (χ1n) is 9.67. The van der Waals surface area contributed by atoms with E-state index in [4.69, 9.17) is 14.0 Å². The van der Waals surface area contributed by atoms with Crippen molar-refractivity contribution in [2.45, 2.75) is 44.7 Å².